The molecule has 0 N–H and O–H groups in total. The second-order valence-electron chi connectivity index (χ2n) is 10.9. The third-order valence-corrected chi connectivity index (χ3v) is 6.55. The van der Waals surface area contributed by atoms with Gasteiger partial charge in [-0.25, -0.2) is 13.2 Å². The molecule has 2 aromatic rings. The van der Waals surface area contributed by atoms with Crippen molar-refractivity contribution >= 4 is 16.1 Å². The molecule has 0 radical (unpaired) electrons. The zero-order chi connectivity index (χ0) is 31.1. The zero-order valence-corrected chi connectivity index (χ0v) is 30.1. The minimum Gasteiger partial charge on any atom is -0.748 e. The van der Waals surface area contributed by atoms with Gasteiger partial charge in [-0.2, -0.15) is 0 Å². The maximum absolute atomic E-state index is 11.6. The van der Waals surface area contributed by atoms with Crippen molar-refractivity contribution in [3.05, 3.63) is 71.3 Å². The molecule has 0 saturated carbocycles. The van der Waals surface area contributed by atoms with Gasteiger partial charge in [-0.1, -0.05) is 84.0 Å². The monoisotopic (exact) mass is 616 g/mol. The molecule has 9 heteroatoms. The summed E-state index contributed by atoms with van der Waals surface area (Å²) in [6.07, 6.45) is 4.45. The minimum absolute atomic E-state index is 0. The van der Waals surface area contributed by atoms with E-state index in [9.17, 15) is 17.8 Å². The smallest absolute Gasteiger partial charge is 0.748 e. The SMILES string of the molecule is CC(C)CCc1ccc(C(=O)OCCS(=O)(=O)[O-])cc1.CC(C)c1ccccc1.CCOCCOCCCC(C)C.[Na+]. The molecule has 0 aliphatic carbocycles. The largest absolute Gasteiger partial charge is 1.00 e. The molecule has 0 aromatic heterocycles. The Hall–Kier alpha value is -1.26. The van der Waals surface area contributed by atoms with E-state index in [4.69, 9.17) is 14.2 Å². The van der Waals surface area contributed by atoms with Gasteiger partial charge in [0.2, 0.25) is 0 Å². The van der Waals surface area contributed by atoms with Crippen LogP contribution >= 0.6 is 0 Å². The molecule has 0 spiro atoms. The van der Waals surface area contributed by atoms with Crippen LogP contribution in [0.25, 0.3) is 0 Å². The fraction of sp³-hybridized carbons (Fsp3) is 0.606. The molecule has 0 amide bonds. The van der Waals surface area contributed by atoms with E-state index in [1.165, 1.54) is 18.4 Å². The average molecular weight is 617 g/mol. The molecule has 2 aromatic carbocycles. The van der Waals surface area contributed by atoms with Crippen LogP contribution in [0.15, 0.2) is 54.6 Å². The fourth-order valence-electron chi connectivity index (χ4n) is 3.38. The van der Waals surface area contributed by atoms with Gasteiger partial charge >= 0.3 is 35.5 Å². The van der Waals surface area contributed by atoms with E-state index >= 15 is 0 Å². The van der Waals surface area contributed by atoms with Crippen molar-refractivity contribution in [2.75, 3.05) is 38.8 Å². The molecular weight excluding hydrogens is 563 g/mol. The van der Waals surface area contributed by atoms with Crippen LogP contribution in [-0.2, 0) is 30.7 Å². The summed E-state index contributed by atoms with van der Waals surface area (Å²) in [6, 6.07) is 17.5. The molecule has 0 aliphatic rings. The first-order valence-corrected chi connectivity index (χ1v) is 16.3. The molecule has 0 fully saturated rings. The number of aryl methyl sites for hydroxylation is 1. The maximum Gasteiger partial charge on any atom is 1.00 e. The third kappa shape index (κ3) is 26.4. The number of hydrogen-bond donors (Lipinski definition) is 0. The van der Waals surface area contributed by atoms with Crippen LogP contribution in [0, 0.1) is 11.8 Å². The number of hydrogen-bond acceptors (Lipinski definition) is 7. The molecule has 0 bridgehead atoms. The van der Waals surface area contributed by atoms with Crippen molar-refractivity contribution in [1.29, 1.82) is 0 Å². The molecule has 0 unspecified atom stereocenters. The predicted octanol–water partition coefficient (Wildman–Crippen LogP) is 4.27. The summed E-state index contributed by atoms with van der Waals surface area (Å²) in [5.74, 6) is 0.745. The number of rotatable bonds is 16. The Morgan fingerprint density at radius 2 is 1.36 bits per heavy atom. The first-order valence-electron chi connectivity index (χ1n) is 14.8. The number of benzene rings is 2. The first kappa shape index (κ1) is 42.9. The van der Waals surface area contributed by atoms with Crippen LogP contribution in [0.2, 0.25) is 0 Å². The topological polar surface area (TPSA) is 102 Å². The summed E-state index contributed by atoms with van der Waals surface area (Å²) in [5, 5.41) is 0. The summed E-state index contributed by atoms with van der Waals surface area (Å²) in [7, 11) is -4.35. The van der Waals surface area contributed by atoms with Gasteiger partial charge in [0.15, 0.2) is 0 Å². The number of carbonyl (C=O) groups is 1. The van der Waals surface area contributed by atoms with Crippen molar-refractivity contribution in [2.45, 2.75) is 80.1 Å². The molecule has 0 atom stereocenters. The van der Waals surface area contributed by atoms with E-state index in [0.29, 0.717) is 17.4 Å². The Balaban J connectivity index is 0. The Morgan fingerprint density at radius 3 is 1.83 bits per heavy atom. The van der Waals surface area contributed by atoms with Gasteiger partial charge in [-0.05, 0) is 73.6 Å². The second kappa shape index (κ2) is 26.2. The van der Waals surface area contributed by atoms with Crippen molar-refractivity contribution in [3.8, 4) is 0 Å². The van der Waals surface area contributed by atoms with E-state index < -0.39 is 28.4 Å². The zero-order valence-electron chi connectivity index (χ0n) is 27.3. The molecule has 234 valence electrons. The quantitative estimate of drug-likeness (QED) is 0.120. The summed E-state index contributed by atoms with van der Waals surface area (Å²) < 4.78 is 46.3. The summed E-state index contributed by atoms with van der Waals surface area (Å²) >= 11 is 0. The van der Waals surface area contributed by atoms with E-state index in [0.717, 1.165) is 50.8 Å². The van der Waals surface area contributed by atoms with Crippen LogP contribution in [-0.4, -0.2) is 57.7 Å². The van der Waals surface area contributed by atoms with Gasteiger partial charge < -0.3 is 18.8 Å². The third-order valence-electron chi connectivity index (χ3n) is 5.88. The molecule has 42 heavy (non-hydrogen) atoms. The van der Waals surface area contributed by atoms with Gasteiger partial charge in [-0.15, -0.1) is 0 Å². The Morgan fingerprint density at radius 1 is 0.786 bits per heavy atom. The summed E-state index contributed by atoms with van der Waals surface area (Å²) in [6.45, 7) is 17.9. The van der Waals surface area contributed by atoms with E-state index in [1.807, 2.05) is 25.1 Å². The van der Waals surface area contributed by atoms with E-state index in [1.54, 1.807) is 12.1 Å². The Bertz CT molecular complexity index is 1010. The maximum atomic E-state index is 11.6. The van der Waals surface area contributed by atoms with Crippen molar-refractivity contribution in [3.63, 3.8) is 0 Å². The van der Waals surface area contributed by atoms with Crippen molar-refractivity contribution < 1.29 is 61.5 Å². The van der Waals surface area contributed by atoms with Gasteiger partial charge in [0, 0.05) is 13.2 Å². The molecule has 0 aliphatic heterocycles. The van der Waals surface area contributed by atoms with Gasteiger partial charge in [0.05, 0.1) is 34.6 Å². The standard InChI is InChI=1S/C14H20O5S.C10H22O2.C9H12.Na/c1-11(2)3-4-12-5-7-13(8-6-12)14(15)19-9-10-20(16,17)18;1-4-11-8-9-12-7-5-6-10(2)3;1-8(2)9-6-4-3-5-7-9;/h5-8,11H,3-4,9-10H2,1-2H3,(H,16,17,18);10H,4-9H2,1-3H3;3-8H,1-2H3;/q;;;+1/p-1. The average Bonchev–Trinajstić information content (AvgIpc) is 2.92. The molecule has 0 saturated heterocycles. The molecule has 7 nitrogen and oxygen atoms in total. The minimum atomic E-state index is -4.35. The van der Waals surface area contributed by atoms with Crippen LogP contribution in [0.5, 0.6) is 0 Å². The predicted molar refractivity (Wildman–Crippen MR) is 166 cm³/mol. The molecular formula is C33H53NaO7S. The van der Waals surface area contributed by atoms with Crippen LogP contribution in [0.1, 0.15) is 95.1 Å². The van der Waals surface area contributed by atoms with Crippen molar-refractivity contribution in [1.82, 2.24) is 0 Å². The second-order valence-corrected chi connectivity index (χ2v) is 12.5. The first-order chi connectivity index (χ1) is 19.4. The van der Waals surface area contributed by atoms with E-state index in [2.05, 4.69) is 65.8 Å². The van der Waals surface area contributed by atoms with Gasteiger partial charge in [0.25, 0.3) is 0 Å². The molecule has 2 rings (SSSR count). The van der Waals surface area contributed by atoms with Crippen LogP contribution < -0.4 is 29.6 Å². The number of carbonyl (C=O) groups excluding carboxylic acids is 1. The Labute approximate surface area is 278 Å². The number of esters is 1. The van der Waals surface area contributed by atoms with Gasteiger partial charge in [-0.3, -0.25) is 0 Å². The van der Waals surface area contributed by atoms with Gasteiger partial charge in [0.1, 0.15) is 6.61 Å². The fourth-order valence-corrected chi connectivity index (χ4v) is 3.67. The summed E-state index contributed by atoms with van der Waals surface area (Å²) in [5.41, 5.74) is 2.90. The molecule has 0 heterocycles. The Kier molecular flexibility index (Phi) is 26.7. The van der Waals surface area contributed by atoms with E-state index in [-0.39, 0.29) is 29.6 Å². The number of ether oxygens (including phenoxy) is 3. The summed E-state index contributed by atoms with van der Waals surface area (Å²) in [4.78, 5) is 11.6. The van der Waals surface area contributed by atoms with Crippen molar-refractivity contribution in [2.24, 2.45) is 11.8 Å². The van der Waals surface area contributed by atoms with Crippen LogP contribution in [0.3, 0.4) is 0 Å². The normalized spacial score (nSPS) is 10.8. The van der Waals surface area contributed by atoms with Crippen LogP contribution in [0.4, 0.5) is 0 Å².